The third kappa shape index (κ3) is 3.10. The molecule has 0 aliphatic carbocycles. The van der Waals surface area contributed by atoms with E-state index in [9.17, 15) is 12.8 Å². The van der Waals surface area contributed by atoms with Gasteiger partial charge < -0.3 is 14.4 Å². The van der Waals surface area contributed by atoms with Crippen LogP contribution in [0.15, 0.2) is 23.1 Å². The van der Waals surface area contributed by atoms with E-state index < -0.39 is 15.8 Å². The van der Waals surface area contributed by atoms with Crippen molar-refractivity contribution in [3.8, 4) is 0 Å². The van der Waals surface area contributed by atoms with E-state index in [1.165, 1.54) is 18.2 Å². The Labute approximate surface area is 129 Å². The maximum absolute atomic E-state index is 14.2. The number of ether oxygens (including phenoxy) is 2. The molecule has 2 unspecified atom stereocenters. The number of nitrogens with two attached hydrogens (primary N) is 1. The average molecular weight is 330 g/mol. The number of hydrogen-bond donors (Lipinski definition) is 1. The molecule has 2 saturated heterocycles. The third-order valence-electron chi connectivity index (χ3n) is 4.05. The quantitative estimate of drug-likeness (QED) is 0.889. The minimum Gasteiger partial charge on any atom is -0.375 e. The Bertz CT molecular complexity index is 646. The van der Waals surface area contributed by atoms with E-state index in [1.807, 2.05) is 0 Å². The highest BCUT2D eigenvalue weighted by atomic mass is 32.2. The van der Waals surface area contributed by atoms with Crippen molar-refractivity contribution >= 4 is 15.7 Å². The molecule has 0 spiro atoms. The molecule has 0 bridgehead atoms. The fourth-order valence-corrected chi connectivity index (χ4v) is 3.80. The van der Waals surface area contributed by atoms with Crippen molar-refractivity contribution in [3.05, 3.63) is 24.0 Å². The van der Waals surface area contributed by atoms with E-state index in [2.05, 4.69) is 0 Å². The van der Waals surface area contributed by atoms with Crippen LogP contribution < -0.4 is 10.0 Å². The summed E-state index contributed by atoms with van der Waals surface area (Å²) >= 11 is 0. The Balaban J connectivity index is 1.90. The van der Waals surface area contributed by atoms with Gasteiger partial charge in [-0.2, -0.15) is 0 Å². The van der Waals surface area contributed by atoms with Crippen molar-refractivity contribution in [2.45, 2.75) is 29.9 Å². The molecular weight excluding hydrogens is 311 g/mol. The van der Waals surface area contributed by atoms with Gasteiger partial charge in [0.1, 0.15) is 16.8 Å². The first-order valence-corrected chi connectivity index (χ1v) is 8.81. The van der Waals surface area contributed by atoms with Crippen LogP contribution >= 0.6 is 0 Å². The van der Waals surface area contributed by atoms with Crippen LogP contribution in [-0.4, -0.2) is 46.9 Å². The van der Waals surface area contributed by atoms with Crippen LogP contribution in [0.4, 0.5) is 10.1 Å². The molecule has 2 aliphatic rings. The first-order chi connectivity index (χ1) is 10.5. The molecule has 2 aliphatic heterocycles. The molecule has 0 aromatic heterocycles. The largest absolute Gasteiger partial charge is 0.375 e. The zero-order chi connectivity index (χ0) is 15.7. The van der Waals surface area contributed by atoms with Gasteiger partial charge in [0.15, 0.2) is 0 Å². The van der Waals surface area contributed by atoms with Crippen LogP contribution in [0.25, 0.3) is 0 Å². The molecule has 22 heavy (non-hydrogen) atoms. The number of benzene rings is 1. The fourth-order valence-electron chi connectivity index (χ4n) is 3.03. The van der Waals surface area contributed by atoms with Crippen LogP contribution in [0.5, 0.6) is 0 Å². The monoisotopic (exact) mass is 330 g/mol. The normalized spacial score (nSPS) is 26.4. The number of nitrogens with zero attached hydrogens (tertiary/aromatic N) is 1. The Morgan fingerprint density at radius 2 is 2.00 bits per heavy atom. The molecule has 1 aromatic carbocycles. The first kappa shape index (κ1) is 15.7. The molecule has 2 fully saturated rings. The molecular formula is C14H19FN2O4S. The van der Waals surface area contributed by atoms with E-state index in [0.717, 1.165) is 12.8 Å². The molecule has 3 rings (SSSR count). The van der Waals surface area contributed by atoms with Crippen LogP contribution in [0.3, 0.4) is 0 Å². The van der Waals surface area contributed by atoms with E-state index in [4.69, 9.17) is 14.6 Å². The maximum atomic E-state index is 14.2. The first-order valence-electron chi connectivity index (χ1n) is 7.26. The summed E-state index contributed by atoms with van der Waals surface area (Å²) in [6.07, 6.45) is 1.67. The van der Waals surface area contributed by atoms with Crippen molar-refractivity contribution in [1.29, 1.82) is 0 Å². The lowest BCUT2D eigenvalue weighted by molar-refractivity contribution is -0.0544. The number of morpholine rings is 1. The lowest BCUT2D eigenvalue weighted by Gasteiger charge is -2.37. The zero-order valence-electron chi connectivity index (χ0n) is 12.1. The molecule has 1 aromatic rings. The van der Waals surface area contributed by atoms with Crippen molar-refractivity contribution < 1.29 is 22.3 Å². The van der Waals surface area contributed by atoms with Crippen molar-refractivity contribution in [1.82, 2.24) is 0 Å². The summed E-state index contributed by atoms with van der Waals surface area (Å²) in [6.45, 7) is 1.89. The Morgan fingerprint density at radius 1 is 1.23 bits per heavy atom. The number of anilines is 1. The number of primary sulfonamides is 1. The lowest BCUT2D eigenvalue weighted by Crippen LogP contribution is -2.48. The standard InChI is InChI=1S/C14H19FN2O4S/c15-10-3-1-5-13(22(16,18)19)14(10)17-6-8-21-12(9-17)11-4-2-7-20-11/h1,3,5,11-12H,2,4,6-9H2,(H2,16,18,19). The highest BCUT2D eigenvalue weighted by Crippen LogP contribution is 2.30. The fraction of sp³-hybridized carbons (Fsp3) is 0.571. The average Bonchev–Trinajstić information content (AvgIpc) is 3.00. The molecule has 8 heteroatoms. The zero-order valence-corrected chi connectivity index (χ0v) is 12.9. The minimum absolute atomic E-state index is 0.0208. The van der Waals surface area contributed by atoms with E-state index in [-0.39, 0.29) is 22.8 Å². The second-order valence-corrected chi connectivity index (χ2v) is 7.07. The summed E-state index contributed by atoms with van der Waals surface area (Å²) < 4.78 is 49.0. The molecule has 2 atom stereocenters. The second kappa shape index (κ2) is 6.11. The maximum Gasteiger partial charge on any atom is 0.240 e. The number of hydrogen-bond acceptors (Lipinski definition) is 5. The van der Waals surface area contributed by atoms with Gasteiger partial charge >= 0.3 is 0 Å². The van der Waals surface area contributed by atoms with Gasteiger partial charge in [-0.3, -0.25) is 0 Å². The van der Waals surface area contributed by atoms with Crippen LogP contribution in [0.1, 0.15) is 12.8 Å². The van der Waals surface area contributed by atoms with Crippen LogP contribution in [0.2, 0.25) is 0 Å². The van der Waals surface area contributed by atoms with Gasteiger partial charge in [0.25, 0.3) is 0 Å². The predicted molar refractivity (Wildman–Crippen MR) is 78.7 cm³/mol. The number of para-hydroxylation sites is 1. The van der Waals surface area contributed by atoms with Gasteiger partial charge in [0.2, 0.25) is 10.0 Å². The third-order valence-corrected chi connectivity index (χ3v) is 4.99. The van der Waals surface area contributed by atoms with E-state index >= 15 is 0 Å². The Morgan fingerprint density at radius 3 is 2.68 bits per heavy atom. The van der Waals surface area contributed by atoms with Crippen molar-refractivity contribution in [2.24, 2.45) is 5.14 Å². The summed E-state index contributed by atoms with van der Waals surface area (Å²) in [7, 11) is -4.00. The van der Waals surface area contributed by atoms with Crippen molar-refractivity contribution in [3.63, 3.8) is 0 Å². The predicted octanol–water partition coefficient (Wildman–Crippen LogP) is 0.857. The Hall–Kier alpha value is -1.22. The SMILES string of the molecule is NS(=O)(=O)c1cccc(F)c1N1CCOC(C2CCCO2)C1. The van der Waals surface area contributed by atoms with E-state index in [0.29, 0.717) is 26.3 Å². The van der Waals surface area contributed by atoms with Crippen LogP contribution in [0, 0.1) is 5.82 Å². The molecule has 0 radical (unpaired) electrons. The van der Waals surface area contributed by atoms with Gasteiger partial charge in [0, 0.05) is 19.7 Å². The topological polar surface area (TPSA) is 81.9 Å². The lowest BCUT2D eigenvalue weighted by atomic mass is 10.1. The number of halogens is 1. The smallest absolute Gasteiger partial charge is 0.240 e. The molecule has 2 heterocycles. The highest BCUT2D eigenvalue weighted by molar-refractivity contribution is 7.89. The van der Waals surface area contributed by atoms with Gasteiger partial charge in [0.05, 0.1) is 18.4 Å². The van der Waals surface area contributed by atoms with Crippen LogP contribution in [-0.2, 0) is 19.5 Å². The summed E-state index contributed by atoms with van der Waals surface area (Å²) in [4.78, 5) is 1.49. The van der Waals surface area contributed by atoms with Gasteiger partial charge in [-0.25, -0.2) is 17.9 Å². The molecule has 2 N–H and O–H groups in total. The van der Waals surface area contributed by atoms with Gasteiger partial charge in [-0.05, 0) is 25.0 Å². The van der Waals surface area contributed by atoms with E-state index in [1.54, 1.807) is 4.90 Å². The molecule has 0 amide bonds. The molecule has 0 saturated carbocycles. The summed E-state index contributed by atoms with van der Waals surface area (Å²) in [6, 6.07) is 3.90. The summed E-state index contributed by atoms with van der Waals surface area (Å²) in [5, 5.41) is 5.21. The number of rotatable bonds is 3. The van der Waals surface area contributed by atoms with Gasteiger partial charge in [-0.1, -0.05) is 6.07 Å². The number of sulfonamides is 1. The second-order valence-electron chi connectivity index (χ2n) is 5.54. The van der Waals surface area contributed by atoms with Crippen molar-refractivity contribution in [2.75, 3.05) is 31.2 Å². The Kier molecular flexibility index (Phi) is 4.35. The summed E-state index contributed by atoms with van der Waals surface area (Å²) in [5.74, 6) is -0.598. The summed E-state index contributed by atoms with van der Waals surface area (Å²) in [5.41, 5.74) is 0.0243. The highest BCUT2D eigenvalue weighted by Gasteiger charge is 2.33. The van der Waals surface area contributed by atoms with Gasteiger partial charge in [-0.15, -0.1) is 0 Å². The molecule has 122 valence electrons. The minimum atomic E-state index is -4.00. The molecule has 6 nitrogen and oxygen atoms in total.